The van der Waals surface area contributed by atoms with E-state index in [1.807, 2.05) is 0 Å². The number of hydrogen-bond donors (Lipinski definition) is 1. The molecule has 0 aliphatic carbocycles. The van der Waals surface area contributed by atoms with Crippen molar-refractivity contribution < 1.29 is 0 Å². The fourth-order valence-corrected chi connectivity index (χ4v) is 1.86. The van der Waals surface area contributed by atoms with Crippen LogP contribution in [0.25, 0.3) is 0 Å². The van der Waals surface area contributed by atoms with E-state index in [1.165, 1.54) is 9.13 Å². The lowest BCUT2D eigenvalue weighted by atomic mass is 9.93. The van der Waals surface area contributed by atoms with E-state index in [0.717, 1.165) is 6.42 Å². The Morgan fingerprint density at radius 3 is 2.57 bits per heavy atom. The molecule has 0 amide bonds. The van der Waals surface area contributed by atoms with Crippen LogP contribution in [0.1, 0.15) is 31.9 Å². The predicted molar refractivity (Wildman–Crippen MR) is 72.8 cm³/mol. The second kappa shape index (κ2) is 6.64. The van der Waals surface area contributed by atoms with E-state index < -0.39 is 0 Å². The van der Waals surface area contributed by atoms with Crippen molar-refractivity contribution in [3.63, 3.8) is 0 Å². The molecule has 0 spiro atoms. The Bertz CT molecular complexity index is 278. The van der Waals surface area contributed by atoms with Crippen LogP contribution in [-0.4, -0.2) is 0 Å². The summed E-state index contributed by atoms with van der Waals surface area (Å²) in [5.74, 6) is 0.554. The van der Waals surface area contributed by atoms with Gasteiger partial charge in [0, 0.05) is 9.61 Å². The number of nitrogens with two attached hydrogens (primary N) is 1. The van der Waals surface area contributed by atoms with Gasteiger partial charge in [-0.25, -0.2) is 0 Å². The molecule has 0 aromatic heterocycles. The van der Waals surface area contributed by atoms with Crippen molar-refractivity contribution in [2.24, 2.45) is 11.7 Å². The fraction of sp³-hybridized carbons (Fsp3) is 0.455. The van der Waals surface area contributed by atoms with Gasteiger partial charge in [0.05, 0.1) is 0 Å². The predicted octanol–water partition coefficient (Wildman–Crippen LogP) is 3.76. The summed E-state index contributed by atoms with van der Waals surface area (Å²) in [6.07, 6.45) is 1.13. The summed E-state index contributed by atoms with van der Waals surface area (Å²) < 4.78 is 1.26. The van der Waals surface area contributed by atoms with Crippen LogP contribution in [0.15, 0.2) is 24.3 Å². The zero-order chi connectivity index (χ0) is 9.84. The number of hydrogen-bond acceptors (Lipinski definition) is 1. The van der Waals surface area contributed by atoms with Gasteiger partial charge in [-0.05, 0) is 46.2 Å². The Labute approximate surface area is 106 Å². The van der Waals surface area contributed by atoms with Crippen molar-refractivity contribution in [1.82, 2.24) is 0 Å². The molecule has 0 fully saturated rings. The molecule has 0 heterocycles. The van der Waals surface area contributed by atoms with Crippen LogP contribution in [0.5, 0.6) is 0 Å². The Kier molecular flexibility index (Phi) is 6.74. The lowest BCUT2D eigenvalue weighted by molar-refractivity contribution is 0.457. The Morgan fingerprint density at radius 1 is 1.43 bits per heavy atom. The molecule has 1 rings (SSSR count). The van der Waals surface area contributed by atoms with Crippen molar-refractivity contribution in [3.05, 3.63) is 33.4 Å². The second-order valence-corrected chi connectivity index (χ2v) is 4.71. The lowest BCUT2D eigenvalue weighted by Crippen LogP contribution is -2.18. The molecule has 0 radical (unpaired) electrons. The van der Waals surface area contributed by atoms with Gasteiger partial charge in [-0.1, -0.05) is 32.4 Å². The van der Waals surface area contributed by atoms with Crippen LogP contribution in [0.4, 0.5) is 0 Å². The highest BCUT2D eigenvalue weighted by molar-refractivity contribution is 14.1. The molecular formula is C11H17ClIN. The average molecular weight is 326 g/mol. The highest BCUT2D eigenvalue weighted by atomic mass is 127. The van der Waals surface area contributed by atoms with Crippen LogP contribution in [0.2, 0.25) is 0 Å². The minimum atomic E-state index is 0. The number of rotatable bonds is 3. The standard InChI is InChI=1S/C11H16IN.ClH/c1-3-8(2)11(13)9-5-4-6-10(12)7-9;/h4-8,11H,3,13H2,1-2H3;1H/t8?,11-;/m0./s1. The smallest absolute Gasteiger partial charge is 0.0321 e. The third kappa shape index (κ3) is 3.75. The summed E-state index contributed by atoms with van der Waals surface area (Å²) in [4.78, 5) is 0. The summed E-state index contributed by atoms with van der Waals surface area (Å²) in [5, 5.41) is 0. The van der Waals surface area contributed by atoms with Gasteiger partial charge in [0.1, 0.15) is 0 Å². The molecule has 0 aliphatic heterocycles. The van der Waals surface area contributed by atoms with Crippen LogP contribution in [0, 0.1) is 9.49 Å². The van der Waals surface area contributed by atoms with Crippen molar-refractivity contribution in [2.45, 2.75) is 26.3 Å². The fourth-order valence-electron chi connectivity index (χ4n) is 1.30. The first kappa shape index (κ1) is 14.2. The average Bonchev–Trinajstić information content (AvgIpc) is 2.15. The zero-order valence-corrected chi connectivity index (χ0v) is 11.5. The first-order valence-corrected chi connectivity index (χ1v) is 5.74. The normalized spacial score (nSPS) is 14.3. The molecule has 1 unspecified atom stereocenters. The molecule has 0 saturated heterocycles. The molecular weight excluding hydrogens is 308 g/mol. The quantitative estimate of drug-likeness (QED) is 0.841. The summed E-state index contributed by atoms with van der Waals surface area (Å²) in [6.45, 7) is 4.38. The molecule has 1 aromatic rings. The maximum atomic E-state index is 6.11. The third-order valence-electron chi connectivity index (χ3n) is 2.49. The summed E-state index contributed by atoms with van der Waals surface area (Å²) in [7, 11) is 0. The van der Waals surface area contributed by atoms with Crippen molar-refractivity contribution in [1.29, 1.82) is 0 Å². The van der Waals surface area contributed by atoms with E-state index in [9.17, 15) is 0 Å². The zero-order valence-electron chi connectivity index (χ0n) is 8.53. The highest BCUT2D eigenvalue weighted by Crippen LogP contribution is 2.22. The molecule has 14 heavy (non-hydrogen) atoms. The van der Waals surface area contributed by atoms with E-state index >= 15 is 0 Å². The molecule has 2 atom stereocenters. The molecule has 1 nitrogen and oxygen atoms in total. The molecule has 3 heteroatoms. The van der Waals surface area contributed by atoms with Gasteiger partial charge in [0.15, 0.2) is 0 Å². The van der Waals surface area contributed by atoms with E-state index in [2.05, 4.69) is 60.7 Å². The summed E-state index contributed by atoms with van der Waals surface area (Å²) >= 11 is 2.32. The van der Waals surface area contributed by atoms with Gasteiger partial charge >= 0.3 is 0 Å². The number of halogens is 2. The van der Waals surface area contributed by atoms with E-state index in [1.54, 1.807) is 0 Å². The van der Waals surface area contributed by atoms with Crippen molar-refractivity contribution in [2.75, 3.05) is 0 Å². The van der Waals surface area contributed by atoms with Crippen molar-refractivity contribution in [3.8, 4) is 0 Å². The summed E-state index contributed by atoms with van der Waals surface area (Å²) in [5.41, 5.74) is 7.37. The van der Waals surface area contributed by atoms with Crippen LogP contribution in [-0.2, 0) is 0 Å². The Morgan fingerprint density at radius 2 is 2.07 bits per heavy atom. The lowest BCUT2D eigenvalue weighted by Gasteiger charge is -2.18. The maximum Gasteiger partial charge on any atom is 0.0321 e. The molecule has 0 bridgehead atoms. The molecule has 2 N–H and O–H groups in total. The SMILES string of the molecule is CCC(C)[C@H](N)c1cccc(I)c1.Cl. The first-order chi connectivity index (χ1) is 6.15. The minimum absolute atomic E-state index is 0. The second-order valence-electron chi connectivity index (χ2n) is 3.47. The van der Waals surface area contributed by atoms with E-state index in [4.69, 9.17) is 5.73 Å². The van der Waals surface area contributed by atoms with E-state index in [0.29, 0.717) is 5.92 Å². The van der Waals surface area contributed by atoms with Gasteiger partial charge in [-0.2, -0.15) is 0 Å². The van der Waals surface area contributed by atoms with Crippen LogP contribution in [0.3, 0.4) is 0 Å². The maximum absolute atomic E-state index is 6.11. The van der Waals surface area contributed by atoms with Crippen molar-refractivity contribution >= 4 is 35.0 Å². The Hall–Kier alpha value is 0.200. The molecule has 0 aliphatic rings. The molecule has 80 valence electrons. The Balaban J connectivity index is 0.00000169. The van der Waals surface area contributed by atoms with Gasteiger partial charge in [-0.3, -0.25) is 0 Å². The third-order valence-corrected chi connectivity index (χ3v) is 3.16. The highest BCUT2D eigenvalue weighted by Gasteiger charge is 2.12. The van der Waals surface area contributed by atoms with Gasteiger partial charge in [0.2, 0.25) is 0 Å². The van der Waals surface area contributed by atoms with Gasteiger partial charge < -0.3 is 5.73 Å². The monoisotopic (exact) mass is 325 g/mol. The van der Waals surface area contributed by atoms with Crippen LogP contribution >= 0.6 is 35.0 Å². The summed E-state index contributed by atoms with van der Waals surface area (Å²) in [6, 6.07) is 8.61. The van der Waals surface area contributed by atoms with Gasteiger partial charge in [0.25, 0.3) is 0 Å². The minimum Gasteiger partial charge on any atom is -0.324 e. The molecule has 1 aromatic carbocycles. The van der Waals surface area contributed by atoms with E-state index in [-0.39, 0.29) is 18.4 Å². The van der Waals surface area contributed by atoms with Gasteiger partial charge in [-0.15, -0.1) is 12.4 Å². The molecule has 0 saturated carbocycles. The largest absolute Gasteiger partial charge is 0.324 e. The van der Waals surface area contributed by atoms with Crippen LogP contribution < -0.4 is 5.73 Å². The first-order valence-electron chi connectivity index (χ1n) is 4.66. The topological polar surface area (TPSA) is 26.0 Å². The number of benzene rings is 1.